The number of alkyl halides is 3. The largest absolute Gasteiger partial charge is 0.416 e. The maximum atomic E-state index is 12.8. The van der Waals surface area contributed by atoms with Crippen LogP contribution in [0.4, 0.5) is 24.5 Å². The zero-order valence-corrected chi connectivity index (χ0v) is 16.5. The number of sulfonamides is 2. The molecule has 1 unspecified atom stereocenters. The molecule has 0 aromatic heterocycles. The Morgan fingerprint density at radius 1 is 1.10 bits per heavy atom. The summed E-state index contributed by atoms with van der Waals surface area (Å²) >= 11 is 0. The molecule has 29 heavy (non-hydrogen) atoms. The summed E-state index contributed by atoms with van der Waals surface area (Å²) in [6.07, 6.45) is -4.63. The highest BCUT2D eigenvalue weighted by Crippen LogP contribution is 2.32. The third kappa shape index (κ3) is 4.22. The van der Waals surface area contributed by atoms with Gasteiger partial charge in [-0.05, 0) is 42.5 Å². The van der Waals surface area contributed by atoms with Crippen LogP contribution in [0, 0.1) is 5.92 Å². The van der Waals surface area contributed by atoms with E-state index in [0.29, 0.717) is 10.4 Å². The summed E-state index contributed by atoms with van der Waals surface area (Å²) in [6, 6.07) is 8.12. The number of nitrogens with zero attached hydrogens (tertiary/aromatic N) is 1. The van der Waals surface area contributed by atoms with Gasteiger partial charge in [0.25, 0.3) is 10.0 Å². The van der Waals surface area contributed by atoms with Gasteiger partial charge in [-0.2, -0.15) is 13.2 Å². The van der Waals surface area contributed by atoms with Gasteiger partial charge in [0, 0.05) is 5.69 Å². The van der Waals surface area contributed by atoms with Crippen molar-refractivity contribution in [2.45, 2.75) is 18.0 Å². The predicted molar refractivity (Wildman–Crippen MR) is 99.1 cm³/mol. The van der Waals surface area contributed by atoms with Crippen molar-refractivity contribution >= 4 is 37.3 Å². The highest BCUT2D eigenvalue weighted by Gasteiger charge is 2.42. The zero-order valence-electron chi connectivity index (χ0n) is 14.8. The number of carbonyl (C=O) groups is 1. The summed E-state index contributed by atoms with van der Waals surface area (Å²) in [5.41, 5.74) is -1.31. The highest BCUT2D eigenvalue weighted by atomic mass is 32.2. The molecule has 12 heteroatoms. The molecule has 156 valence electrons. The minimum absolute atomic E-state index is 0.0163. The van der Waals surface area contributed by atoms with Gasteiger partial charge in [-0.3, -0.25) is 9.52 Å². The third-order valence-corrected chi connectivity index (χ3v) is 7.45. The second-order valence-electron chi connectivity index (χ2n) is 6.46. The average molecular weight is 448 g/mol. The molecule has 3 rings (SSSR count). The van der Waals surface area contributed by atoms with Gasteiger partial charge in [0.2, 0.25) is 15.9 Å². The van der Waals surface area contributed by atoms with Crippen LogP contribution in [0.1, 0.15) is 12.5 Å². The third-order valence-electron chi connectivity index (χ3n) is 4.18. The minimum Gasteiger partial charge on any atom is -0.280 e. The van der Waals surface area contributed by atoms with Crippen molar-refractivity contribution in [2.75, 3.05) is 14.8 Å². The first kappa shape index (κ1) is 21.1. The standard InChI is InChI=1S/C17H15F3N2O5S2/c1-11-10-28(24,25)22(16(11)23)14-5-7-15(8-6-14)29(26,27)21-13-4-2-3-12(9-13)17(18,19)20/h2-9,11,21H,10H2,1H3. The fourth-order valence-corrected chi connectivity index (χ4v) is 5.69. The number of rotatable bonds is 4. The maximum absolute atomic E-state index is 12.8. The molecule has 0 bridgehead atoms. The van der Waals surface area contributed by atoms with E-state index in [2.05, 4.69) is 0 Å². The molecule has 1 amide bonds. The zero-order chi connectivity index (χ0) is 21.6. The molecule has 2 aromatic carbocycles. The highest BCUT2D eigenvalue weighted by molar-refractivity contribution is 7.94. The number of hydrogen-bond donors (Lipinski definition) is 1. The predicted octanol–water partition coefficient (Wildman–Crippen LogP) is 2.82. The molecule has 1 aliphatic heterocycles. The Morgan fingerprint density at radius 2 is 1.72 bits per heavy atom. The Hall–Kier alpha value is -2.60. The van der Waals surface area contributed by atoms with Crippen LogP contribution in [0.5, 0.6) is 0 Å². The number of benzene rings is 2. The van der Waals surface area contributed by atoms with E-state index in [9.17, 15) is 34.8 Å². The maximum Gasteiger partial charge on any atom is 0.416 e. The average Bonchev–Trinajstić information content (AvgIpc) is 2.81. The van der Waals surface area contributed by atoms with E-state index in [4.69, 9.17) is 0 Å². The summed E-state index contributed by atoms with van der Waals surface area (Å²) in [7, 11) is -8.08. The quantitative estimate of drug-likeness (QED) is 0.775. The van der Waals surface area contributed by atoms with Crippen molar-refractivity contribution in [2.24, 2.45) is 5.92 Å². The van der Waals surface area contributed by atoms with Gasteiger partial charge in [0.1, 0.15) is 0 Å². The lowest BCUT2D eigenvalue weighted by Crippen LogP contribution is -2.30. The summed E-state index contributed by atoms with van der Waals surface area (Å²) < 4.78 is 90.1. The number of carbonyl (C=O) groups excluding carboxylic acids is 1. The fourth-order valence-electron chi connectivity index (χ4n) is 2.82. The molecule has 1 atom stereocenters. The van der Waals surface area contributed by atoms with Gasteiger partial charge in [-0.15, -0.1) is 0 Å². The molecule has 0 radical (unpaired) electrons. The van der Waals surface area contributed by atoms with Crippen molar-refractivity contribution in [3.63, 3.8) is 0 Å². The summed E-state index contributed by atoms with van der Waals surface area (Å²) in [5, 5.41) is 0. The van der Waals surface area contributed by atoms with E-state index in [1.165, 1.54) is 6.92 Å². The molecule has 1 N–H and O–H groups in total. The van der Waals surface area contributed by atoms with Gasteiger partial charge in [-0.1, -0.05) is 13.0 Å². The Balaban J connectivity index is 1.87. The Labute approximate surface area is 165 Å². The molecule has 0 spiro atoms. The van der Waals surface area contributed by atoms with E-state index in [1.807, 2.05) is 4.72 Å². The normalized spacial score (nSPS) is 19.4. The molecular formula is C17H15F3N2O5S2. The number of nitrogens with one attached hydrogen (secondary N) is 1. The van der Waals surface area contributed by atoms with Crippen molar-refractivity contribution in [1.82, 2.24) is 0 Å². The van der Waals surface area contributed by atoms with Crippen LogP contribution in [0.3, 0.4) is 0 Å². The van der Waals surface area contributed by atoms with Crippen molar-refractivity contribution in [1.29, 1.82) is 0 Å². The number of anilines is 2. The van der Waals surface area contributed by atoms with E-state index < -0.39 is 43.6 Å². The minimum atomic E-state index is -4.63. The SMILES string of the molecule is CC1CS(=O)(=O)N(c2ccc(S(=O)(=O)Nc3cccc(C(F)(F)F)c3)cc2)C1=O. The van der Waals surface area contributed by atoms with Gasteiger partial charge in [-0.25, -0.2) is 21.1 Å². The monoisotopic (exact) mass is 448 g/mol. The molecule has 0 saturated carbocycles. The molecule has 1 heterocycles. The Kier molecular flexibility index (Phi) is 5.11. The molecule has 0 aliphatic carbocycles. The van der Waals surface area contributed by atoms with Crippen LogP contribution in [0.2, 0.25) is 0 Å². The van der Waals surface area contributed by atoms with Gasteiger partial charge in [0.05, 0.1) is 27.8 Å². The second-order valence-corrected chi connectivity index (χ2v) is 10.0. The first-order chi connectivity index (χ1) is 13.3. The summed E-state index contributed by atoms with van der Waals surface area (Å²) in [5.74, 6) is -1.68. The van der Waals surface area contributed by atoms with E-state index in [-0.39, 0.29) is 22.0 Å². The Bertz CT molecular complexity index is 1160. The first-order valence-electron chi connectivity index (χ1n) is 8.18. The lowest BCUT2D eigenvalue weighted by atomic mass is 10.2. The molecule has 1 fully saturated rings. The number of amides is 1. The second kappa shape index (κ2) is 7.02. The summed E-state index contributed by atoms with van der Waals surface area (Å²) in [6.45, 7) is 1.47. The van der Waals surface area contributed by atoms with E-state index >= 15 is 0 Å². The smallest absolute Gasteiger partial charge is 0.280 e. The lowest BCUT2D eigenvalue weighted by Gasteiger charge is -2.16. The summed E-state index contributed by atoms with van der Waals surface area (Å²) in [4.78, 5) is 11.8. The van der Waals surface area contributed by atoms with Crippen molar-refractivity contribution in [3.8, 4) is 0 Å². The molecule has 7 nitrogen and oxygen atoms in total. The molecule has 1 saturated heterocycles. The van der Waals surface area contributed by atoms with E-state index in [1.54, 1.807) is 0 Å². The van der Waals surface area contributed by atoms with Crippen molar-refractivity contribution in [3.05, 3.63) is 54.1 Å². The molecule has 2 aromatic rings. The van der Waals surface area contributed by atoms with Crippen LogP contribution in [0.15, 0.2) is 53.4 Å². The van der Waals surface area contributed by atoms with Crippen LogP contribution in [-0.4, -0.2) is 28.5 Å². The lowest BCUT2D eigenvalue weighted by molar-refractivity contribution is -0.137. The van der Waals surface area contributed by atoms with Crippen LogP contribution in [0.25, 0.3) is 0 Å². The fraction of sp³-hybridized carbons (Fsp3) is 0.235. The van der Waals surface area contributed by atoms with Crippen LogP contribution >= 0.6 is 0 Å². The number of halogens is 3. The topological polar surface area (TPSA) is 101 Å². The van der Waals surface area contributed by atoms with Gasteiger partial charge >= 0.3 is 6.18 Å². The molecular weight excluding hydrogens is 433 g/mol. The van der Waals surface area contributed by atoms with Crippen LogP contribution < -0.4 is 9.03 Å². The first-order valence-corrected chi connectivity index (χ1v) is 11.3. The number of hydrogen-bond acceptors (Lipinski definition) is 5. The van der Waals surface area contributed by atoms with Crippen LogP contribution in [-0.2, 0) is 31.0 Å². The van der Waals surface area contributed by atoms with E-state index in [0.717, 1.165) is 42.5 Å². The Morgan fingerprint density at radius 3 is 2.24 bits per heavy atom. The molecule has 1 aliphatic rings. The van der Waals surface area contributed by atoms with Gasteiger partial charge < -0.3 is 0 Å². The van der Waals surface area contributed by atoms with Crippen molar-refractivity contribution < 1.29 is 34.8 Å². The van der Waals surface area contributed by atoms with Gasteiger partial charge in [0.15, 0.2) is 0 Å².